The monoisotopic (exact) mass is 313 g/mol. The first-order valence-corrected chi connectivity index (χ1v) is 8.23. The van der Waals surface area contributed by atoms with Crippen LogP contribution in [0.5, 0.6) is 0 Å². The molecule has 1 N–H and O–H groups in total. The first-order valence-electron chi connectivity index (χ1n) is 6.79. The fraction of sp³-hybridized carbons (Fsp3) is 0.500. The summed E-state index contributed by atoms with van der Waals surface area (Å²) in [5.41, 5.74) is 0.738. The van der Waals surface area contributed by atoms with Crippen LogP contribution in [0.1, 0.15) is 24.8 Å². The van der Waals surface area contributed by atoms with Crippen LogP contribution in [0.15, 0.2) is 29.2 Å². The van der Waals surface area contributed by atoms with Gasteiger partial charge in [0.05, 0.1) is 11.5 Å². The number of carboxylic acid groups (broad SMARTS) is 1. The number of piperidine rings is 1. The van der Waals surface area contributed by atoms with Crippen molar-refractivity contribution in [3.63, 3.8) is 0 Å². The van der Waals surface area contributed by atoms with E-state index in [1.165, 1.54) is 19.2 Å². The molecule has 6 nitrogen and oxygen atoms in total. The third-order valence-corrected chi connectivity index (χ3v) is 5.46. The first-order chi connectivity index (χ1) is 9.96. The normalized spacial score (nSPS) is 20.3. The molecule has 0 aliphatic carbocycles. The SMILES string of the molecule is COCc1cccc(S(=O)(=O)N2CCCCC2C(=O)O)c1. The van der Waals surface area contributed by atoms with E-state index in [-0.39, 0.29) is 11.4 Å². The highest BCUT2D eigenvalue weighted by Gasteiger charge is 2.37. The fourth-order valence-corrected chi connectivity index (χ4v) is 4.26. The zero-order valence-corrected chi connectivity index (χ0v) is 12.7. The minimum Gasteiger partial charge on any atom is -0.480 e. The van der Waals surface area contributed by atoms with Gasteiger partial charge < -0.3 is 9.84 Å². The van der Waals surface area contributed by atoms with Crippen LogP contribution in [-0.2, 0) is 26.2 Å². The Morgan fingerprint density at radius 1 is 1.43 bits per heavy atom. The maximum Gasteiger partial charge on any atom is 0.322 e. The maximum absolute atomic E-state index is 12.7. The molecule has 0 radical (unpaired) electrons. The van der Waals surface area contributed by atoms with Crippen molar-refractivity contribution < 1.29 is 23.1 Å². The fourth-order valence-electron chi connectivity index (χ4n) is 2.54. The molecule has 1 fully saturated rings. The van der Waals surface area contributed by atoms with E-state index in [4.69, 9.17) is 4.74 Å². The van der Waals surface area contributed by atoms with E-state index in [2.05, 4.69) is 0 Å². The van der Waals surface area contributed by atoms with Gasteiger partial charge in [-0.3, -0.25) is 4.79 Å². The van der Waals surface area contributed by atoms with Crippen molar-refractivity contribution in [1.82, 2.24) is 4.31 Å². The Morgan fingerprint density at radius 2 is 2.19 bits per heavy atom. The number of hydrogen-bond acceptors (Lipinski definition) is 4. The van der Waals surface area contributed by atoms with Gasteiger partial charge in [0, 0.05) is 13.7 Å². The second kappa shape index (κ2) is 6.55. The lowest BCUT2D eigenvalue weighted by Crippen LogP contribution is -2.47. The standard InChI is InChI=1S/C14H19NO5S/c1-20-10-11-5-4-6-12(9-11)21(18,19)15-8-3-2-7-13(15)14(16)17/h4-6,9,13H,2-3,7-8,10H2,1H3,(H,16,17). The van der Waals surface area contributed by atoms with Gasteiger partial charge in [0.15, 0.2) is 0 Å². The predicted octanol–water partition coefficient (Wildman–Crippen LogP) is 1.46. The molecule has 0 bridgehead atoms. The van der Waals surface area contributed by atoms with Crippen LogP contribution in [0.25, 0.3) is 0 Å². The highest BCUT2D eigenvalue weighted by Crippen LogP contribution is 2.26. The number of hydrogen-bond donors (Lipinski definition) is 1. The van der Waals surface area contributed by atoms with E-state index in [1.807, 2.05) is 0 Å². The van der Waals surface area contributed by atoms with Crippen molar-refractivity contribution in [3.8, 4) is 0 Å². The van der Waals surface area contributed by atoms with Gasteiger partial charge in [-0.15, -0.1) is 0 Å². The summed E-state index contributed by atoms with van der Waals surface area (Å²) in [6.07, 6.45) is 1.76. The third-order valence-electron chi connectivity index (χ3n) is 3.55. The third kappa shape index (κ3) is 3.42. The van der Waals surface area contributed by atoms with Gasteiger partial charge in [-0.05, 0) is 37.0 Å². The summed E-state index contributed by atoms with van der Waals surface area (Å²) in [5, 5.41) is 9.23. The van der Waals surface area contributed by atoms with Crippen LogP contribution in [0.2, 0.25) is 0 Å². The van der Waals surface area contributed by atoms with Crippen LogP contribution in [-0.4, -0.2) is 43.5 Å². The summed E-state index contributed by atoms with van der Waals surface area (Å²) in [7, 11) is -2.27. The number of methoxy groups -OCH3 is 1. The average molecular weight is 313 g/mol. The summed E-state index contributed by atoms with van der Waals surface area (Å²) >= 11 is 0. The predicted molar refractivity (Wildman–Crippen MR) is 76.3 cm³/mol. The van der Waals surface area contributed by atoms with Gasteiger partial charge in [-0.2, -0.15) is 4.31 Å². The Kier molecular flexibility index (Phi) is 4.97. The van der Waals surface area contributed by atoms with Crippen LogP contribution in [0.3, 0.4) is 0 Å². The summed E-state index contributed by atoms with van der Waals surface area (Å²) < 4.78 is 31.5. The number of ether oxygens (including phenoxy) is 1. The molecule has 116 valence electrons. The smallest absolute Gasteiger partial charge is 0.322 e. The van der Waals surface area contributed by atoms with Gasteiger partial charge in [0.25, 0.3) is 0 Å². The van der Waals surface area contributed by atoms with Crippen LogP contribution >= 0.6 is 0 Å². The summed E-state index contributed by atoms with van der Waals surface area (Å²) in [6, 6.07) is 5.46. The van der Waals surface area contributed by atoms with Crippen molar-refractivity contribution >= 4 is 16.0 Å². The molecular formula is C14H19NO5S. The van der Waals surface area contributed by atoms with Gasteiger partial charge in [0.2, 0.25) is 10.0 Å². The highest BCUT2D eigenvalue weighted by atomic mass is 32.2. The molecule has 1 heterocycles. The Labute approximate surface area is 124 Å². The van der Waals surface area contributed by atoms with Gasteiger partial charge in [-0.25, -0.2) is 8.42 Å². The zero-order chi connectivity index (χ0) is 15.5. The van der Waals surface area contributed by atoms with Gasteiger partial charge >= 0.3 is 5.97 Å². The molecule has 21 heavy (non-hydrogen) atoms. The van der Waals surface area contributed by atoms with Crippen LogP contribution < -0.4 is 0 Å². The number of nitrogens with zero attached hydrogens (tertiary/aromatic N) is 1. The quantitative estimate of drug-likeness (QED) is 0.889. The number of rotatable bonds is 5. The molecule has 0 saturated carbocycles. The van der Waals surface area contributed by atoms with Gasteiger partial charge in [0.1, 0.15) is 6.04 Å². The molecule has 7 heteroatoms. The molecule has 1 aliphatic heterocycles. The molecule has 1 atom stereocenters. The van der Waals surface area contributed by atoms with E-state index in [1.54, 1.807) is 12.1 Å². The Morgan fingerprint density at radius 3 is 2.86 bits per heavy atom. The maximum atomic E-state index is 12.7. The van der Waals surface area contributed by atoms with Crippen LogP contribution in [0, 0.1) is 0 Å². The van der Waals surface area contributed by atoms with Crippen molar-refractivity contribution in [1.29, 1.82) is 0 Å². The summed E-state index contributed by atoms with van der Waals surface area (Å²) in [5.74, 6) is -1.09. The van der Waals surface area contributed by atoms with Crippen molar-refractivity contribution in [2.45, 2.75) is 36.8 Å². The van der Waals surface area contributed by atoms with E-state index < -0.39 is 22.0 Å². The van der Waals surface area contributed by atoms with Crippen LogP contribution in [0.4, 0.5) is 0 Å². The minimum absolute atomic E-state index is 0.116. The minimum atomic E-state index is -3.80. The lowest BCUT2D eigenvalue weighted by Gasteiger charge is -2.31. The topological polar surface area (TPSA) is 83.9 Å². The highest BCUT2D eigenvalue weighted by molar-refractivity contribution is 7.89. The number of carbonyl (C=O) groups is 1. The van der Waals surface area contributed by atoms with E-state index in [9.17, 15) is 18.3 Å². The van der Waals surface area contributed by atoms with E-state index >= 15 is 0 Å². The van der Waals surface area contributed by atoms with E-state index in [0.29, 0.717) is 19.4 Å². The zero-order valence-electron chi connectivity index (χ0n) is 11.9. The molecule has 1 aromatic carbocycles. The molecule has 1 aliphatic rings. The molecule has 2 rings (SSSR count). The number of aliphatic carboxylic acids is 1. The van der Waals surface area contributed by atoms with Crippen molar-refractivity contribution in [2.24, 2.45) is 0 Å². The summed E-state index contributed by atoms with van der Waals surface area (Å²) in [4.78, 5) is 11.4. The largest absolute Gasteiger partial charge is 0.480 e. The Bertz CT molecular complexity index is 614. The van der Waals surface area contributed by atoms with E-state index in [0.717, 1.165) is 16.3 Å². The van der Waals surface area contributed by atoms with Crippen molar-refractivity contribution in [3.05, 3.63) is 29.8 Å². The Hall–Kier alpha value is -1.44. The van der Waals surface area contributed by atoms with Gasteiger partial charge in [-0.1, -0.05) is 12.1 Å². The number of benzene rings is 1. The molecule has 1 aromatic rings. The first kappa shape index (κ1) is 15.9. The molecule has 0 amide bonds. The lowest BCUT2D eigenvalue weighted by atomic mass is 10.1. The number of sulfonamides is 1. The second-order valence-electron chi connectivity index (χ2n) is 5.05. The molecule has 1 unspecified atom stereocenters. The van der Waals surface area contributed by atoms with Crippen molar-refractivity contribution in [2.75, 3.05) is 13.7 Å². The average Bonchev–Trinajstić information content (AvgIpc) is 2.48. The number of carboxylic acids is 1. The molecule has 1 saturated heterocycles. The lowest BCUT2D eigenvalue weighted by molar-refractivity contribution is -0.142. The Balaban J connectivity index is 2.35. The second-order valence-corrected chi connectivity index (χ2v) is 6.94. The molecular weight excluding hydrogens is 294 g/mol. The molecule has 0 spiro atoms. The summed E-state index contributed by atoms with van der Waals surface area (Å²) in [6.45, 7) is 0.555. The molecule has 0 aromatic heterocycles.